The molecule has 99 heavy (non-hydrogen) atoms. The largest absolute Gasteiger partial charge is 0.482 e. The summed E-state index contributed by atoms with van der Waals surface area (Å²) in [6.45, 7) is 8.21. The SMILES string of the molecule is COC(=O)C1CCC(NC(=O)c2csc(-c3ccc4c(n3)-c3csc(n3)-c3csc(n3)[C@@H]3[C@@H](C)[C@@H](O)CN3C(=O)[C@H](Cc3ccc(OCC(=O)OC(C)(C)C)cc3)NC(=O)c3csc(n3)[C@H]([C@H](O)c3ccccc3)NC(=O)c3nc(sc3C)[C@H](CC(N)=O)NC(=O)c3csc-4n3)n2)CC1. The third-order valence-corrected chi connectivity index (χ3v) is 22.3. The van der Waals surface area contributed by atoms with E-state index in [0.29, 0.717) is 95.8 Å². The van der Waals surface area contributed by atoms with Crippen molar-refractivity contribution in [3.63, 3.8) is 0 Å². The lowest BCUT2D eigenvalue weighted by molar-refractivity contribution is -0.157. The Morgan fingerprint density at radius 1 is 0.697 bits per heavy atom. The van der Waals surface area contributed by atoms with Gasteiger partial charge in [-0.05, 0) is 88.8 Å². The van der Waals surface area contributed by atoms with Crippen LogP contribution in [0.1, 0.15) is 157 Å². The predicted molar refractivity (Wildman–Crippen MR) is 371 cm³/mol. The van der Waals surface area contributed by atoms with Crippen LogP contribution in [0.4, 0.5) is 0 Å². The molecule has 9 heterocycles. The van der Waals surface area contributed by atoms with E-state index in [1.807, 2.05) is 6.92 Å². The predicted octanol–water partition coefficient (Wildman–Crippen LogP) is 8.77. The van der Waals surface area contributed by atoms with E-state index < -0.39 is 89.8 Å². The van der Waals surface area contributed by atoms with Gasteiger partial charge in [0, 0.05) is 62.3 Å². The van der Waals surface area contributed by atoms with Crippen LogP contribution < -0.4 is 31.7 Å². The van der Waals surface area contributed by atoms with Gasteiger partial charge in [0.05, 0.1) is 43.3 Å². The maximum atomic E-state index is 15.5. The molecule has 6 amide bonds. The standard InChI is InChI=1S/C67H67N13O13S6/c1-31-47(81)24-80-53(31)64-77-46(30-98-64)61-73-42(26-95-61)51-38(20-21-39(70-51)60-75-43(28-96-60)55(85)69-36-16-14-35(15-17-36)66(90)91-6)59-74-44(27-94-59)56(86)71-40(23-48(68)82)62-79-50(32(2)99-62)58(88)78-52(54(84)34-10-8-7-9-11-34)63-76-45(29-97-63)57(87)72-41(65(80)89)22-33-12-18-37(19-13-33)92-25-49(83)93-67(3,4)5/h7-13,18-21,26-31,35-36,40-41,47,52-54,81,84H,14-17,22-25H2,1-6H3,(H2,68,82)(H,69,85)(H,71,86)(H,72,87)(H,78,88)/t31-,35?,36?,40-,41-,47-,52-,53-,54+/m0/s1. The number of fused-ring (bicyclic) bond motifs is 16. The van der Waals surface area contributed by atoms with E-state index in [2.05, 4.69) is 31.2 Å². The molecule has 7 atom stereocenters. The quantitative estimate of drug-likeness (QED) is 0.0530. The highest BCUT2D eigenvalue weighted by Gasteiger charge is 2.46. The number of nitrogens with one attached hydrogen (secondary N) is 4. The molecule has 26 nitrogen and oxygen atoms in total. The van der Waals surface area contributed by atoms with Gasteiger partial charge < -0.3 is 56.3 Å². The molecular formula is C67H67N13O13S6. The minimum Gasteiger partial charge on any atom is -0.482 e. The number of aryl methyl sites for hydroxylation is 1. The molecule has 9 aromatic rings. The highest BCUT2D eigenvalue weighted by Crippen LogP contribution is 2.43. The summed E-state index contributed by atoms with van der Waals surface area (Å²) in [6, 6.07) is 13.9. The molecule has 2 aromatic carbocycles. The zero-order valence-electron chi connectivity index (χ0n) is 54.1. The maximum Gasteiger partial charge on any atom is 0.344 e. The van der Waals surface area contributed by atoms with Crippen LogP contribution in [0, 0.1) is 18.8 Å². The zero-order chi connectivity index (χ0) is 70.0. The van der Waals surface area contributed by atoms with Crippen LogP contribution in [0.3, 0.4) is 0 Å². The highest BCUT2D eigenvalue weighted by molar-refractivity contribution is 7.15. The average molecular weight is 1450 g/mol. The Labute approximate surface area is 590 Å². The number of carbonyl (C=O) groups excluding carboxylic acids is 8. The summed E-state index contributed by atoms with van der Waals surface area (Å²) < 4.78 is 16.1. The lowest BCUT2D eigenvalue weighted by Crippen LogP contribution is -2.50. The summed E-state index contributed by atoms with van der Waals surface area (Å²) in [5.74, 6) is -5.19. The fraction of sp³-hybridized carbons (Fsp3) is 0.358. The Bertz CT molecular complexity index is 4510. The number of carbonyl (C=O) groups is 8. The molecule has 32 heteroatoms. The van der Waals surface area contributed by atoms with Crippen molar-refractivity contribution in [3.05, 3.63) is 147 Å². The van der Waals surface area contributed by atoms with Crippen molar-refractivity contribution in [2.75, 3.05) is 20.3 Å². The number of nitrogens with zero attached hydrogens (tertiary/aromatic N) is 8. The maximum absolute atomic E-state index is 15.5. The van der Waals surface area contributed by atoms with Crippen LogP contribution in [0.2, 0.25) is 0 Å². The molecule has 0 spiro atoms. The molecule has 7 aromatic heterocycles. The Hall–Kier alpha value is -9.15. The van der Waals surface area contributed by atoms with Crippen LogP contribution in [0.5, 0.6) is 5.75 Å². The third-order valence-electron chi connectivity index (χ3n) is 16.8. The lowest BCUT2D eigenvalue weighted by Gasteiger charge is -2.29. The van der Waals surface area contributed by atoms with Gasteiger partial charge in [0.2, 0.25) is 11.8 Å². The molecule has 514 valence electrons. The molecular weight excluding hydrogens is 1390 g/mol. The number of esters is 2. The van der Waals surface area contributed by atoms with Crippen LogP contribution in [-0.2, 0) is 35.1 Å². The van der Waals surface area contributed by atoms with Crippen molar-refractivity contribution < 1.29 is 62.8 Å². The van der Waals surface area contributed by atoms with Crippen molar-refractivity contribution in [1.82, 2.24) is 61.1 Å². The monoisotopic (exact) mass is 1450 g/mol. The molecule has 1 saturated heterocycles. The van der Waals surface area contributed by atoms with Crippen molar-refractivity contribution in [3.8, 4) is 49.1 Å². The van der Waals surface area contributed by atoms with E-state index in [9.17, 15) is 43.8 Å². The van der Waals surface area contributed by atoms with E-state index in [0.717, 1.165) is 34.0 Å². The second-order valence-electron chi connectivity index (χ2n) is 25.0. The first-order chi connectivity index (χ1) is 47.4. The van der Waals surface area contributed by atoms with Crippen molar-refractivity contribution in [1.29, 1.82) is 0 Å². The first kappa shape index (κ1) is 69.7. The Balaban J connectivity index is 0.915. The number of primary amides is 1. The summed E-state index contributed by atoms with van der Waals surface area (Å²) in [5, 5.41) is 45.7. The number of hydrogen-bond donors (Lipinski definition) is 7. The first-order valence-corrected chi connectivity index (χ1v) is 36.7. The van der Waals surface area contributed by atoms with Gasteiger partial charge in [-0.1, -0.05) is 49.4 Å². The van der Waals surface area contributed by atoms with Gasteiger partial charge in [0.15, 0.2) is 6.61 Å². The Morgan fingerprint density at radius 3 is 2.07 bits per heavy atom. The van der Waals surface area contributed by atoms with E-state index in [1.165, 1.54) is 51.4 Å². The fourth-order valence-electron chi connectivity index (χ4n) is 11.8. The van der Waals surface area contributed by atoms with E-state index in [-0.39, 0.29) is 76.2 Å². The summed E-state index contributed by atoms with van der Waals surface area (Å²) in [7, 11) is 1.37. The molecule has 2 fully saturated rings. The molecule has 2 aliphatic heterocycles. The number of rotatable bonds is 13. The number of pyridine rings is 1. The van der Waals surface area contributed by atoms with E-state index in [1.54, 1.807) is 116 Å². The number of methoxy groups -OCH3 is 1. The van der Waals surface area contributed by atoms with Gasteiger partial charge in [-0.3, -0.25) is 33.6 Å². The number of amides is 6. The molecule has 1 saturated carbocycles. The number of aliphatic hydroxyl groups excluding tert-OH is 2. The minimum atomic E-state index is -1.44. The van der Waals surface area contributed by atoms with Gasteiger partial charge in [0.1, 0.15) is 99.4 Å². The summed E-state index contributed by atoms with van der Waals surface area (Å²) >= 11 is 6.90. The molecule has 1 aliphatic carbocycles. The van der Waals surface area contributed by atoms with Crippen LogP contribution in [0.15, 0.2) is 93.6 Å². The topological polar surface area (TPSA) is 372 Å². The number of hydrogen-bond acceptors (Lipinski definition) is 26. The van der Waals surface area contributed by atoms with Gasteiger partial charge in [-0.25, -0.2) is 39.7 Å². The van der Waals surface area contributed by atoms with Crippen LogP contribution >= 0.6 is 68.0 Å². The number of aliphatic hydroxyl groups is 2. The van der Waals surface area contributed by atoms with E-state index >= 15 is 4.79 Å². The minimum absolute atomic E-state index is 0.0325. The van der Waals surface area contributed by atoms with Gasteiger partial charge in [-0.2, -0.15) is 0 Å². The molecule has 8 N–H and O–H groups in total. The number of aromatic nitrogens is 7. The first-order valence-electron chi connectivity index (χ1n) is 31.5. The average Bonchev–Trinajstić information content (AvgIpc) is 1.64. The van der Waals surface area contributed by atoms with Gasteiger partial charge in [-0.15, -0.1) is 68.0 Å². The second kappa shape index (κ2) is 29.7. The normalized spacial score (nSPS) is 20.9. The molecule has 0 unspecified atom stereocenters. The number of ether oxygens (including phenoxy) is 3. The number of thiazole rings is 6. The van der Waals surface area contributed by atoms with Crippen LogP contribution in [0.25, 0.3) is 43.4 Å². The lowest BCUT2D eigenvalue weighted by atomic mass is 9.86. The smallest absolute Gasteiger partial charge is 0.344 e. The van der Waals surface area contributed by atoms with Crippen LogP contribution in [-0.4, -0.2) is 141 Å². The van der Waals surface area contributed by atoms with Gasteiger partial charge in [0.25, 0.3) is 23.6 Å². The second-order valence-corrected chi connectivity index (χ2v) is 30.6. The molecule has 0 radical (unpaired) electrons. The summed E-state index contributed by atoms with van der Waals surface area (Å²) in [6.07, 6.45) is -0.566. The Kier molecular flexibility index (Phi) is 20.9. The molecule has 3 aliphatic rings. The van der Waals surface area contributed by atoms with Crippen molar-refractivity contribution in [2.24, 2.45) is 17.6 Å². The molecule has 10 bridgehead atoms. The molecule has 12 rings (SSSR count). The van der Waals surface area contributed by atoms with Gasteiger partial charge >= 0.3 is 11.9 Å². The summed E-state index contributed by atoms with van der Waals surface area (Å²) in [4.78, 5) is 146. The fourth-order valence-corrected chi connectivity index (χ4v) is 17.1. The van der Waals surface area contributed by atoms with Crippen molar-refractivity contribution >= 4 is 115 Å². The van der Waals surface area contributed by atoms with Crippen molar-refractivity contribution in [2.45, 2.75) is 121 Å². The highest BCUT2D eigenvalue weighted by atomic mass is 32.1. The Morgan fingerprint density at radius 2 is 1.34 bits per heavy atom. The number of benzene rings is 2. The zero-order valence-corrected chi connectivity index (χ0v) is 59.0. The van der Waals surface area contributed by atoms with E-state index in [4.69, 9.17) is 44.9 Å². The number of nitrogens with two attached hydrogens (primary N) is 1. The third kappa shape index (κ3) is 16.0. The summed E-state index contributed by atoms with van der Waals surface area (Å²) in [5.41, 5.74) is 7.99.